The smallest absolute Gasteiger partial charge is 0.415 e. The Hall–Kier alpha value is -2.17. The monoisotopic (exact) mass is 275 g/mol. The van der Waals surface area contributed by atoms with Gasteiger partial charge < -0.3 is 15.4 Å². The van der Waals surface area contributed by atoms with Crippen molar-refractivity contribution in [2.75, 3.05) is 29.9 Å². The van der Waals surface area contributed by atoms with Gasteiger partial charge >= 0.3 is 6.09 Å². The lowest BCUT2D eigenvalue weighted by Gasteiger charge is -2.20. The number of carbonyl (C=O) groups is 1. The van der Waals surface area contributed by atoms with Crippen LogP contribution in [0.15, 0.2) is 36.5 Å². The number of nitrogens with two attached hydrogens (primary N) is 1. The highest BCUT2D eigenvalue weighted by Crippen LogP contribution is 2.24. The van der Waals surface area contributed by atoms with E-state index >= 15 is 0 Å². The van der Waals surface area contributed by atoms with Crippen LogP contribution in [0.3, 0.4) is 0 Å². The average molecular weight is 275 g/mol. The van der Waals surface area contributed by atoms with Crippen molar-refractivity contribution in [3.05, 3.63) is 36.5 Å². The highest BCUT2D eigenvalue weighted by Gasteiger charge is 2.30. The van der Waals surface area contributed by atoms with Gasteiger partial charge in [0, 0.05) is 25.0 Å². The van der Waals surface area contributed by atoms with Crippen LogP contribution in [0.1, 0.15) is 13.3 Å². The molecule has 1 atom stereocenters. The molecule has 1 aromatic carbocycles. The van der Waals surface area contributed by atoms with Crippen molar-refractivity contribution < 1.29 is 9.53 Å². The van der Waals surface area contributed by atoms with E-state index in [2.05, 4.69) is 18.9 Å². The first-order valence-electron chi connectivity index (χ1n) is 6.83. The number of anilines is 2. The largest absolute Gasteiger partial charge is 0.440 e. The van der Waals surface area contributed by atoms with Crippen molar-refractivity contribution in [3.8, 4) is 0 Å². The van der Waals surface area contributed by atoms with Crippen molar-refractivity contribution in [2.24, 2.45) is 5.73 Å². The summed E-state index contributed by atoms with van der Waals surface area (Å²) in [6.07, 6.45) is 3.59. The summed E-state index contributed by atoms with van der Waals surface area (Å²) in [5.41, 5.74) is 7.31. The molecule has 1 saturated heterocycles. The van der Waals surface area contributed by atoms with Crippen LogP contribution in [-0.2, 0) is 4.74 Å². The maximum atomic E-state index is 11.8. The molecule has 1 aromatic rings. The summed E-state index contributed by atoms with van der Waals surface area (Å²) < 4.78 is 5.19. The highest BCUT2D eigenvalue weighted by molar-refractivity contribution is 5.90. The zero-order valence-corrected chi connectivity index (χ0v) is 12.0. The maximum Gasteiger partial charge on any atom is 0.415 e. The summed E-state index contributed by atoms with van der Waals surface area (Å²) in [5.74, 6) is 0. The standard InChI is InChI=1S/C15H21N3O2/c1-3-10-17(2)12-4-6-13(7-5-12)18-11-14(8-9-16)20-15(18)19/h4-9,14H,3,10-11,16H2,1-2H3/b9-8-. The number of rotatable bonds is 5. The van der Waals surface area contributed by atoms with Gasteiger partial charge in [0.1, 0.15) is 6.10 Å². The lowest BCUT2D eigenvalue weighted by Crippen LogP contribution is -2.24. The van der Waals surface area contributed by atoms with Crippen molar-refractivity contribution in [3.63, 3.8) is 0 Å². The van der Waals surface area contributed by atoms with Crippen molar-refractivity contribution in [1.29, 1.82) is 0 Å². The first-order valence-corrected chi connectivity index (χ1v) is 6.83. The molecule has 1 fully saturated rings. The van der Waals surface area contributed by atoms with Crippen LogP contribution in [0.25, 0.3) is 0 Å². The van der Waals surface area contributed by atoms with Gasteiger partial charge in [-0.15, -0.1) is 0 Å². The summed E-state index contributed by atoms with van der Waals surface area (Å²) in [4.78, 5) is 15.6. The molecule has 0 spiro atoms. The van der Waals surface area contributed by atoms with Crippen LogP contribution in [0.2, 0.25) is 0 Å². The number of benzene rings is 1. The fraction of sp³-hybridized carbons (Fsp3) is 0.400. The van der Waals surface area contributed by atoms with Crippen molar-refractivity contribution in [2.45, 2.75) is 19.4 Å². The van der Waals surface area contributed by atoms with Gasteiger partial charge in [-0.2, -0.15) is 0 Å². The third-order valence-electron chi connectivity index (χ3n) is 3.32. The van der Waals surface area contributed by atoms with E-state index in [-0.39, 0.29) is 12.2 Å². The number of hydrogen-bond donors (Lipinski definition) is 1. The Labute approximate surface area is 119 Å². The lowest BCUT2D eigenvalue weighted by molar-refractivity contribution is 0.160. The molecule has 1 heterocycles. The molecule has 2 rings (SSSR count). The van der Waals surface area contributed by atoms with E-state index in [1.807, 2.05) is 24.3 Å². The second kappa shape index (κ2) is 6.32. The summed E-state index contributed by atoms with van der Waals surface area (Å²) in [6, 6.07) is 7.92. The van der Waals surface area contributed by atoms with E-state index in [1.54, 1.807) is 11.0 Å². The van der Waals surface area contributed by atoms with Crippen LogP contribution >= 0.6 is 0 Å². The summed E-state index contributed by atoms with van der Waals surface area (Å²) in [5, 5.41) is 0. The van der Waals surface area contributed by atoms with Gasteiger partial charge in [0.25, 0.3) is 0 Å². The highest BCUT2D eigenvalue weighted by atomic mass is 16.6. The van der Waals surface area contributed by atoms with E-state index < -0.39 is 0 Å². The minimum Gasteiger partial charge on any atom is -0.440 e. The van der Waals surface area contributed by atoms with Gasteiger partial charge in [0.15, 0.2) is 0 Å². The Kier molecular flexibility index (Phi) is 4.50. The Bertz CT molecular complexity index is 484. The molecule has 0 radical (unpaired) electrons. The molecule has 5 heteroatoms. The number of carbonyl (C=O) groups excluding carboxylic acids is 1. The van der Waals surface area contributed by atoms with E-state index in [1.165, 1.54) is 6.20 Å². The first-order chi connectivity index (χ1) is 9.65. The molecule has 1 unspecified atom stereocenters. The molecule has 1 aliphatic rings. The van der Waals surface area contributed by atoms with E-state index in [0.29, 0.717) is 6.54 Å². The molecule has 20 heavy (non-hydrogen) atoms. The summed E-state index contributed by atoms with van der Waals surface area (Å²) >= 11 is 0. The fourth-order valence-electron chi connectivity index (χ4n) is 2.27. The number of hydrogen-bond acceptors (Lipinski definition) is 4. The maximum absolute atomic E-state index is 11.8. The fourth-order valence-corrected chi connectivity index (χ4v) is 2.27. The minimum atomic E-state index is -0.331. The zero-order chi connectivity index (χ0) is 14.5. The molecule has 2 N–H and O–H groups in total. The van der Waals surface area contributed by atoms with Gasteiger partial charge in [0.05, 0.1) is 6.54 Å². The zero-order valence-electron chi connectivity index (χ0n) is 12.0. The number of cyclic esters (lactones) is 1. The topological polar surface area (TPSA) is 58.8 Å². The number of amides is 1. The first kappa shape index (κ1) is 14.2. The molecule has 5 nitrogen and oxygen atoms in total. The third-order valence-corrected chi connectivity index (χ3v) is 3.32. The minimum absolute atomic E-state index is 0.269. The third kappa shape index (κ3) is 3.04. The molecular weight excluding hydrogens is 254 g/mol. The van der Waals surface area contributed by atoms with Crippen LogP contribution in [0.5, 0.6) is 0 Å². The second-order valence-corrected chi connectivity index (χ2v) is 4.86. The van der Waals surface area contributed by atoms with E-state index in [0.717, 1.165) is 24.3 Å². The van der Waals surface area contributed by atoms with Gasteiger partial charge in [-0.1, -0.05) is 6.92 Å². The van der Waals surface area contributed by atoms with Gasteiger partial charge in [-0.25, -0.2) is 4.79 Å². The molecule has 1 amide bonds. The Morgan fingerprint density at radius 2 is 2.15 bits per heavy atom. The predicted molar refractivity (Wildman–Crippen MR) is 80.9 cm³/mol. The normalized spacial score (nSPS) is 18.6. The lowest BCUT2D eigenvalue weighted by atomic mass is 10.2. The number of nitrogens with zero attached hydrogens (tertiary/aromatic N) is 2. The SMILES string of the molecule is CCCN(C)c1ccc(N2CC(/C=C\N)OC2=O)cc1. The Morgan fingerprint density at radius 3 is 2.75 bits per heavy atom. The molecule has 0 aromatic heterocycles. The van der Waals surface area contributed by atoms with Crippen LogP contribution in [0.4, 0.5) is 16.2 Å². The average Bonchev–Trinajstić information content (AvgIpc) is 2.80. The number of ether oxygens (including phenoxy) is 1. The van der Waals surface area contributed by atoms with E-state index in [9.17, 15) is 4.79 Å². The Balaban J connectivity index is 2.08. The summed E-state index contributed by atoms with van der Waals surface area (Å²) in [7, 11) is 2.06. The predicted octanol–water partition coefficient (Wildman–Crippen LogP) is 2.33. The van der Waals surface area contributed by atoms with Crippen molar-refractivity contribution >= 4 is 17.5 Å². The molecule has 0 bridgehead atoms. The summed E-state index contributed by atoms with van der Waals surface area (Å²) in [6.45, 7) is 3.65. The van der Waals surface area contributed by atoms with Crippen molar-refractivity contribution in [1.82, 2.24) is 0 Å². The molecule has 108 valence electrons. The molecular formula is C15H21N3O2. The quantitative estimate of drug-likeness (QED) is 0.896. The molecule has 0 saturated carbocycles. The van der Waals surface area contributed by atoms with Gasteiger partial charge in [-0.3, -0.25) is 4.90 Å². The molecule has 1 aliphatic heterocycles. The van der Waals surface area contributed by atoms with Crippen LogP contribution < -0.4 is 15.5 Å². The van der Waals surface area contributed by atoms with Gasteiger partial charge in [0.2, 0.25) is 0 Å². The van der Waals surface area contributed by atoms with Crippen LogP contribution in [-0.4, -0.2) is 32.3 Å². The second-order valence-electron chi connectivity index (χ2n) is 4.86. The van der Waals surface area contributed by atoms with Gasteiger partial charge in [-0.05, 0) is 43.0 Å². The van der Waals surface area contributed by atoms with E-state index in [4.69, 9.17) is 10.5 Å². The molecule has 0 aliphatic carbocycles. The Morgan fingerprint density at radius 1 is 1.45 bits per heavy atom. The van der Waals surface area contributed by atoms with Crippen LogP contribution in [0, 0.1) is 0 Å².